The van der Waals surface area contributed by atoms with Gasteiger partial charge in [0, 0.05) is 5.16 Å². The highest BCUT2D eigenvalue weighted by Crippen LogP contribution is 1.74. The molecule has 0 fully saturated rings. The molecule has 0 spiro atoms. The summed E-state index contributed by atoms with van der Waals surface area (Å²) in [5.74, 6) is 0. The fourth-order valence-electron chi connectivity index (χ4n) is 0.194. The van der Waals surface area contributed by atoms with Crippen LogP contribution in [0.5, 0.6) is 0 Å². The first-order chi connectivity index (χ1) is 2.89. The number of nitrogens with zero attached hydrogens (tertiary/aromatic N) is 2. The van der Waals surface area contributed by atoms with Crippen LogP contribution < -0.4 is 0 Å². The van der Waals surface area contributed by atoms with E-state index in [0.717, 1.165) is 0 Å². The SMILES string of the molecule is [S-]c1ncn[nH]1. The summed E-state index contributed by atoms with van der Waals surface area (Å²) in [7, 11) is 0. The maximum absolute atomic E-state index is 4.52. The Hall–Kier alpha value is -0.640. The summed E-state index contributed by atoms with van der Waals surface area (Å²) in [5.41, 5.74) is 0. The molecule has 1 heterocycles. The van der Waals surface area contributed by atoms with Crippen LogP contribution in [0, 0.1) is 0 Å². The lowest BCUT2D eigenvalue weighted by Crippen LogP contribution is -1.68. The number of rotatable bonds is 0. The molecule has 0 aliphatic rings. The highest BCUT2D eigenvalue weighted by molar-refractivity contribution is 7.58. The van der Waals surface area contributed by atoms with Crippen molar-refractivity contribution in [3.8, 4) is 0 Å². The average molecular weight is 100 g/mol. The number of hydrogen-bond acceptors (Lipinski definition) is 3. The molecule has 0 aliphatic carbocycles. The zero-order valence-corrected chi connectivity index (χ0v) is 3.70. The highest BCUT2D eigenvalue weighted by Gasteiger charge is 1.64. The summed E-state index contributed by atoms with van der Waals surface area (Å²) in [5, 5.41) is 6.38. The van der Waals surface area contributed by atoms with Gasteiger partial charge in [0.25, 0.3) is 0 Å². The van der Waals surface area contributed by atoms with Crippen LogP contribution in [-0.4, -0.2) is 15.2 Å². The van der Waals surface area contributed by atoms with E-state index in [4.69, 9.17) is 0 Å². The van der Waals surface area contributed by atoms with Gasteiger partial charge in [-0.1, -0.05) is 0 Å². The molecule has 1 N–H and O–H groups in total. The van der Waals surface area contributed by atoms with Crippen LogP contribution in [0.2, 0.25) is 0 Å². The van der Waals surface area contributed by atoms with E-state index in [1.807, 2.05) is 0 Å². The lowest BCUT2D eigenvalue weighted by molar-refractivity contribution is 0.978. The predicted octanol–water partition coefficient (Wildman–Crippen LogP) is -0.290. The van der Waals surface area contributed by atoms with Crippen molar-refractivity contribution in [1.29, 1.82) is 0 Å². The van der Waals surface area contributed by atoms with E-state index in [9.17, 15) is 0 Å². The van der Waals surface area contributed by atoms with E-state index >= 15 is 0 Å². The van der Waals surface area contributed by atoms with Crippen LogP contribution in [-0.2, 0) is 12.6 Å². The van der Waals surface area contributed by atoms with Gasteiger partial charge in [-0.2, -0.15) is 5.10 Å². The van der Waals surface area contributed by atoms with Crippen LogP contribution >= 0.6 is 0 Å². The molecular formula is C2H2N3S-. The molecule has 0 unspecified atom stereocenters. The fraction of sp³-hybridized carbons (Fsp3) is 0. The van der Waals surface area contributed by atoms with Gasteiger partial charge in [-0.15, -0.1) is 0 Å². The lowest BCUT2D eigenvalue weighted by Gasteiger charge is -1.87. The predicted molar refractivity (Wildman–Crippen MR) is 22.0 cm³/mol. The molecule has 0 bridgehead atoms. The van der Waals surface area contributed by atoms with E-state index in [0.29, 0.717) is 5.16 Å². The Kier molecular flexibility index (Phi) is 0.719. The number of hydrogen-bond donors (Lipinski definition) is 1. The van der Waals surface area contributed by atoms with Crippen LogP contribution in [0.1, 0.15) is 0 Å². The second-order valence-electron chi connectivity index (χ2n) is 0.791. The van der Waals surface area contributed by atoms with Crippen LogP contribution in [0.4, 0.5) is 0 Å². The first-order valence-corrected chi connectivity index (χ1v) is 1.83. The molecule has 1 aromatic heterocycles. The van der Waals surface area contributed by atoms with E-state index in [-0.39, 0.29) is 0 Å². The van der Waals surface area contributed by atoms with E-state index in [1.165, 1.54) is 6.33 Å². The molecule has 4 heteroatoms. The Bertz CT molecular complexity index is 112. The number of aromatic nitrogens is 3. The smallest absolute Gasteiger partial charge is 0.135 e. The van der Waals surface area contributed by atoms with E-state index < -0.39 is 0 Å². The van der Waals surface area contributed by atoms with E-state index in [1.54, 1.807) is 0 Å². The van der Waals surface area contributed by atoms with Crippen molar-refractivity contribution in [2.75, 3.05) is 0 Å². The summed E-state index contributed by atoms with van der Waals surface area (Å²) in [6.45, 7) is 0. The third-order valence-electron chi connectivity index (χ3n) is 0.393. The summed E-state index contributed by atoms with van der Waals surface area (Å²) < 4.78 is 0. The molecule has 0 aromatic carbocycles. The zero-order chi connectivity index (χ0) is 4.41. The van der Waals surface area contributed by atoms with Gasteiger partial charge in [0.2, 0.25) is 0 Å². The van der Waals surface area contributed by atoms with Gasteiger partial charge >= 0.3 is 0 Å². The number of aromatic amines is 1. The summed E-state index contributed by atoms with van der Waals surface area (Å²) in [4.78, 5) is 3.56. The van der Waals surface area contributed by atoms with Crippen molar-refractivity contribution < 1.29 is 0 Å². The van der Waals surface area contributed by atoms with Crippen LogP contribution in [0.15, 0.2) is 11.5 Å². The maximum atomic E-state index is 4.52. The average Bonchev–Trinajstić information content (AvgIpc) is 1.86. The third-order valence-corrected chi connectivity index (χ3v) is 0.590. The lowest BCUT2D eigenvalue weighted by atomic mass is 11.3. The summed E-state index contributed by atoms with van der Waals surface area (Å²) in [6.07, 6.45) is 1.38. The van der Waals surface area contributed by atoms with Gasteiger partial charge in [-0.25, -0.2) is 4.98 Å². The molecule has 0 aliphatic heterocycles. The van der Waals surface area contributed by atoms with Crippen molar-refractivity contribution >= 4 is 12.6 Å². The first-order valence-electron chi connectivity index (χ1n) is 1.42. The van der Waals surface area contributed by atoms with Crippen LogP contribution in [0.3, 0.4) is 0 Å². The molecule has 1 rings (SSSR count). The Balaban J connectivity index is 3.05. The van der Waals surface area contributed by atoms with Crippen molar-refractivity contribution in [3.05, 3.63) is 6.33 Å². The Morgan fingerprint density at radius 1 is 1.83 bits per heavy atom. The van der Waals surface area contributed by atoms with Crippen LogP contribution in [0.25, 0.3) is 0 Å². The Morgan fingerprint density at radius 3 is 2.83 bits per heavy atom. The minimum atomic E-state index is 0.440. The molecule has 0 amide bonds. The normalized spacial score (nSPS) is 8.67. The maximum Gasteiger partial charge on any atom is 0.135 e. The van der Waals surface area contributed by atoms with Gasteiger partial charge in [-0.05, 0) is 0 Å². The summed E-state index contributed by atoms with van der Waals surface area (Å²) >= 11 is 4.52. The Morgan fingerprint density at radius 2 is 2.67 bits per heavy atom. The topological polar surface area (TPSA) is 41.6 Å². The van der Waals surface area contributed by atoms with Crippen molar-refractivity contribution in [1.82, 2.24) is 15.2 Å². The van der Waals surface area contributed by atoms with Gasteiger partial charge in [0.15, 0.2) is 0 Å². The molecule has 6 heavy (non-hydrogen) atoms. The van der Waals surface area contributed by atoms with Gasteiger partial charge < -0.3 is 12.6 Å². The molecule has 0 saturated carbocycles. The quantitative estimate of drug-likeness (QED) is 0.455. The van der Waals surface area contributed by atoms with Crippen molar-refractivity contribution in [2.24, 2.45) is 0 Å². The Labute approximate surface area is 40.2 Å². The molecule has 3 nitrogen and oxygen atoms in total. The molecular weight excluding hydrogens is 98.1 g/mol. The number of H-pyrrole nitrogens is 1. The van der Waals surface area contributed by atoms with Crippen molar-refractivity contribution in [3.63, 3.8) is 0 Å². The number of nitrogens with one attached hydrogen (secondary N) is 1. The minimum absolute atomic E-state index is 0.440. The first kappa shape index (κ1) is 3.55. The largest absolute Gasteiger partial charge is 0.741 e. The minimum Gasteiger partial charge on any atom is -0.741 e. The third kappa shape index (κ3) is 0.463. The van der Waals surface area contributed by atoms with Gasteiger partial charge in [0.1, 0.15) is 6.33 Å². The van der Waals surface area contributed by atoms with E-state index in [2.05, 4.69) is 27.8 Å². The van der Waals surface area contributed by atoms with Gasteiger partial charge in [-0.3, -0.25) is 5.10 Å². The molecule has 0 saturated heterocycles. The van der Waals surface area contributed by atoms with Crippen molar-refractivity contribution in [2.45, 2.75) is 5.16 Å². The molecule has 32 valence electrons. The zero-order valence-electron chi connectivity index (χ0n) is 2.88. The molecule has 1 aromatic rings. The second kappa shape index (κ2) is 1.22. The summed E-state index contributed by atoms with van der Waals surface area (Å²) in [6, 6.07) is 0. The van der Waals surface area contributed by atoms with Gasteiger partial charge in [0.05, 0.1) is 0 Å². The highest BCUT2D eigenvalue weighted by atomic mass is 32.1. The standard InChI is InChI=1S/C2H3N3S/c6-2-3-1-4-5-2/h1H,(H2,3,4,5,6)/p-1. The second-order valence-corrected chi connectivity index (χ2v) is 1.18. The fourth-order valence-corrected chi connectivity index (χ4v) is 0.294. The monoisotopic (exact) mass is 100.0 g/mol. The molecule has 0 atom stereocenters. The molecule has 0 radical (unpaired) electrons.